The first-order valence-corrected chi connectivity index (χ1v) is 9.25. The van der Waals surface area contributed by atoms with Gasteiger partial charge in [0, 0.05) is 17.9 Å². The Kier molecular flexibility index (Phi) is 5.69. The minimum absolute atomic E-state index is 0.0276. The molecular weight excluding hydrogens is 310 g/mol. The number of aromatic nitrogens is 1. The van der Waals surface area contributed by atoms with Crippen LogP contribution < -0.4 is 10.6 Å². The lowest BCUT2D eigenvalue weighted by molar-refractivity contribution is 0.0927. The Balaban J connectivity index is 1.72. The molecule has 1 heterocycles. The summed E-state index contributed by atoms with van der Waals surface area (Å²) in [7, 11) is 0. The van der Waals surface area contributed by atoms with E-state index in [2.05, 4.69) is 41.6 Å². The maximum absolute atomic E-state index is 12.5. The lowest BCUT2D eigenvalue weighted by atomic mass is 9.95. The molecule has 4 heteroatoms. The quantitative estimate of drug-likeness (QED) is 0.806. The number of carbonyl (C=O) groups excluding carboxylic acids is 1. The molecule has 0 bridgehead atoms. The molecule has 2 aromatic rings. The van der Waals surface area contributed by atoms with Crippen molar-refractivity contribution in [2.45, 2.75) is 57.9 Å². The fourth-order valence-electron chi connectivity index (χ4n) is 3.42. The summed E-state index contributed by atoms with van der Waals surface area (Å²) >= 11 is 0. The Morgan fingerprint density at radius 1 is 1.12 bits per heavy atom. The summed E-state index contributed by atoms with van der Waals surface area (Å²) < 4.78 is 0. The van der Waals surface area contributed by atoms with E-state index in [1.165, 1.54) is 24.8 Å². The third kappa shape index (κ3) is 4.59. The van der Waals surface area contributed by atoms with Crippen LogP contribution in [0.2, 0.25) is 0 Å². The van der Waals surface area contributed by atoms with Gasteiger partial charge in [-0.3, -0.25) is 9.78 Å². The fraction of sp³-hybridized carbons (Fsp3) is 0.429. The van der Waals surface area contributed by atoms with E-state index >= 15 is 0 Å². The average Bonchev–Trinajstić information content (AvgIpc) is 2.63. The largest absolute Gasteiger partial charge is 0.354 e. The van der Waals surface area contributed by atoms with E-state index in [9.17, 15) is 4.79 Å². The molecule has 25 heavy (non-hydrogen) atoms. The smallest absolute Gasteiger partial charge is 0.253 e. The topological polar surface area (TPSA) is 54.0 Å². The number of amides is 1. The Morgan fingerprint density at radius 2 is 1.88 bits per heavy atom. The van der Waals surface area contributed by atoms with E-state index < -0.39 is 0 Å². The molecule has 0 radical (unpaired) electrons. The number of rotatable bonds is 5. The molecule has 0 atom stereocenters. The summed E-state index contributed by atoms with van der Waals surface area (Å²) in [6.45, 7) is 4.35. The van der Waals surface area contributed by atoms with Crippen molar-refractivity contribution in [3.05, 3.63) is 53.9 Å². The van der Waals surface area contributed by atoms with E-state index in [4.69, 9.17) is 0 Å². The van der Waals surface area contributed by atoms with Crippen LogP contribution in [0.4, 0.5) is 11.4 Å². The molecule has 0 saturated heterocycles. The number of para-hydroxylation sites is 1. The van der Waals surface area contributed by atoms with Gasteiger partial charge in [0.25, 0.3) is 5.91 Å². The van der Waals surface area contributed by atoms with Gasteiger partial charge >= 0.3 is 0 Å². The molecule has 0 aliphatic heterocycles. The predicted octanol–water partition coefficient (Wildman–Crippen LogP) is 5.01. The molecule has 1 aromatic carbocycles. The highest BCUT2D eigenvalue weighted by molar-refractivity contribution is 5.95. The van der Waals surface area contributed by atoms with Crippen LogP contribution in [-0.2, 0) is 0 Å². The van der Waals surface area contributed by atoms with Gasteiger partial charge < -0.3 is 10.6 Å². The lowest BCUT2D eigenvalue weighted by Crippen LogP contribution is -2.36. The molecule has 0 unspecified atom stereocenters. The van der Waals surface area contributed by atoms with Gasteiger partial charge in [0.1, 0.15) is 0 Å². The zero-order valence-corrected chi connectivity index (χ0v) is 15.1. The molecule has 2 N–H and O–H groups in total. The number of benzene rings is 1. The van der Waals surface area contributed by atoms with Crippen molar-refractivity contribution in [3.8, 4) is 0 Å². The zero-order chi connectivity index (χ0) is 17.6. The number of nitrogens with zero attached hydrogens (tertiary/aromatic N) is 1. The number of anilines is 2. The van der Waals surface area contributed by atoms with Crippen LogP contribution in [0.25, 0.3) is 0 Å². The molecule has 1 fully saturated rings. The molecule has 1 aliphatic carbocycles. The van der Waals surface area contributed by atoms with Crippen molar-refractivity contribution in [2.24, 2.45) is 0 Å². The second-order valence-corrected chi connectivity index (χ2v) is 7.14. The zero-order valence-electron chi connectivity index (χ0n) is 15.1. The van der Waals surface area contributed by atoms with E-state index in [0.29, 0.717) is 17.5 Å². The normalized spacial score (nSPS) is 15.2. The molecule has 1 saturated carbocycles. The minimum atomic E-state index is -0.0276. The Hall–Kier alpha value is -2.36. The maximum atomic E-state index is 12.5. The first-order chi connectivity index (χ1) is 12.1. The van der Waals surface area contributed by atoms with Crippen molar-refractivity contribution in [1.82, 2.24) is 10.3 Å². The second kappa shape index (κ2) is 8.15. The van der Waals surface area contributed by atoms with Gasteiger partial charge in [0.2, 0.25) is 0 Å². The summed E-state index contributed by atoms with van der Waals surface area (Å²) in [6, 6.07) is 10.4. The van der Waals surface area contributed by atoms with Crippen molar-refractivity contribution < 1.29 is 4.79 Å². The first kappa shape index (κ1) is 17.5. The van der Waals surface area contributed by atoms with Gasteiger partial charge in [0.15, 0.2) is 0 Å². The number of hydrogen-bond acceptors (Lipinski definition) is 3. The highest BCUT2D eigenvalue weighted by Crippen LogP contribution is 2.27. The van der Waals surface area contributed by atoms with E-state index in [1.54, 1.807) is 12.4 Å². The van der Waals surface area contributed by atoms with Gasteiger partial charge in [-0.1, -0.05) is 51.3 Å². The van der Waals surface area contributed by atoms with Gasteiger partial charge in [0.05, 0.1) is 17.4 Å². The van der Waals surface area contributed by atoms with Crippen molar-refractivity contribution in [1.29, 1.82) is 0 Å². The second-order valence-electron chi connectivity index (χ2n) is 7.14. The van der Waals surface area contributed by atoms with Crippen LogP contribution in [-0.4, -0.2) is 16.9 Å². The van der Waals surface area contributed by atoms with Crippen LogP contribution >= 0.6 is 0 Å². The van der Waals surface area contributed by atoms with Crippen LogP contribution in [0, 0.1) is 0 Å². The molecular formula is C21H27N3O. The number of carbonyl (C=O) groups is 1. The summed E-state index contributed by atoms with van der Waals surface area (Å²) in [4.78, 5) is 16.8. The third-order valence-electron chi connectivity index (χ3n) is 4.80. The monoisotopic (exact) mass is 337 g/mol. The SMILES string of the molecule is CC(C)c1ccccc1Nc1cncc(C(=O)NC2CCCCC2)c1. The summed E-state index contributed by atoms with van der Waals surface area (Å²) in [6.07, 6.45) is 9.25. The average molecular weight is 337 g/mol. The Morgan fingerprint density at radius 3 is 2.64 bits per heavy atom. The highest BCUT2D eigenvalue weighted by atomic mass is 16.1. The van der Waals surface area contributed by atoms with Gasteiger partial charge in [-0.25, -0.2) is 0 Å². The molecule has 1 aromatic heterocycles. The van der Waals surface area contributed by atoms with E-state index in [0.717, 1.165) is 24.2 Å². The maximum Gasteiger partial charge on any atom is 0.253 e. The first-order valence-electron chi connectivity index (χ1n) is 9.25. The number of hydrogen-bond donors (Lipinski definition) is 2. The predicted molar refractivity (Wildman–Crippen MR) is 102 cm³/mol. The highest BCUT2D eigenvalue weighted by Gasteiger charge is 2.17. The molecule has 1 amide bonds. The standard InChI is InChI=1S/C21H27N3O/c1-15(2)19-10-6-7-11-20(19)23-18-12-16(13-22-14-18)21(25)24-17-8-4-3-5-9-17/h6-7,10-15,17,23H,3-5,8-9H2,1-2H3,(H,24,25). The summed E-state index contributed by atoms with van der Waals surface area (Å²) in [5.41, 5.74) is 3.76. The van der Waals surface area contributed by atoms with E-state index in [1.807, 2.05) is 18.2 Å². The van der Waals surface area contributed by atoms with Crippen LogP contribution in [0.3, 0.4) is 0 Å². The van der Waals surface area contributed by atoms with Crippen LogP contribution in [0.15, 0.2) is 42.7 Å². The molecule has 4 nitrogen and oxygen atoms in total. The lowest BCUT2D eigenvalue weighted by Gasteiger charge is -2.22. The van der Waals surface area contributed by atoms with Gasteiger partial charge in [-0.05, 0) is 36.5 Å². The minimum Gasteiger partial charge on any atom is -0.354 e. The van der Waals surface area contributed by atoms with E-state index in [-0.39, 0.29) is 5.91 Å². The molecule has 3 rings (SSSR count). The summed E-state index contributed by atoms with van der Waals surface area (Å²) in [5.74, 6) is 0.398. The molecule has 132 valence electrons. The fourth-order valence-corrected chi connectivity index (χ4v) is 3.42. The molecule has 1 aliphatic rings. The van der Waals surface area contributed by atoms with Crippen LogP contribution in [0.1, 0.15) is 67.8 Å². The molecule has 0 spiro atoms. The third-order valence-corrected chi connectivity index (χ3v) is 4.80. The van der Waals surface area contributed by atoms with Gasteiger partial charge in [-0.2, -0.15) is 0 Å². The Bertz CT molecular complexity index is 721. The Labute approximate surface area is 150 Å². The van der Waals surface area contributed by atoms with Gasteiger partial charge in [-0.15, -0.1) is 0 Å². The number of pyridine rings is 1. The summed E-state index contributed by atoms with van der Waals surface area (Å²) in [5, 5.41) is 6.56. The number of nitrogens with one attached hydrogen (secondary N) is 2. The van der Waals surface area contributed by atoms with Crippen molar-refractivity contribution in [2.75, 3.05) is 5.32 Å². The van der Waals surface area contributed by atoms with Crippen molar-refractivity contribution >= 4 is 17.3 Å². The van der Waals surface area contributed by atoms with Crippen molar-refractivity contribution in [3.63, 3.8) is 0 Å². The van der Waals surface area contributed by atoms with Crippen LogP contribution in [0.5, 0.6) is 0 Å².